The molecule has 142 valence electrons. The van der Waals surface area contributed by atoms with Crippen molar-refractivity contribution in [2.45, 2.75) is 71.5 Å². The number of para-hydroxylation sites is 1. The summed E-state index contributed by atoms with van der Waals surface area (Å²) < 4.78 is 0. The van der Waals surface area contributed by atoms with Gasteiger partial charge in [-0.05, 0) is 71.4 Å². The smallest absolute Gasteiger partial charge is 0.0849 e. The Hall–Kier alpha value is -1.84. The highest BCUT2D eigenvalue weighted by molar-refractivity contribution is 5.83. The van der Waals surface area contributed by atoms with Gasteiger partial charge in [0.25, 0.3) is 0 Å². The molecule has 3 heteroatoms. The standard InChI is InChI=1S/C23H33NO2/c1-17(8-7-9-18(2)13-15-22(25)23(3,4)26)12-14-19-16-24-21-11-6-5-10-20(19)21/h5-6,9-12,16,22,24-26H,7-8,13-15H2,1-4H3. The van der Waals surface area contributed by atoms with Gasteiger partial charge in [-0.15, -0.1) is 0 Å². The van der Waals surface area contributed by atoms with Crippen molar-refractivity contribution in [1.82, 2.24) is 4.98 Å². The minimum Gasteiger partial charge on any atom is -0.390 e. The molecule has 0 saturated heterocycles. The molecule has 26 heavy (non-hydrogen) atoms. The minimum absolute atomic E-state index is 0.598. The third-order valence-electron chi connectivity index (χ3n) is 5.00. The molecule has 0 saturated carbocycles. The van der Waals surface area contributed by atoms with Crippen LogP contribution in [0.3, 0.4) is 0 Å². The van der Waals surface area contributed by atoms with Gasteiger partial charge in [0, 0.05) is 17.1 Å². The maximum atomic E-state index is 9.90. The van der Waals surface area contributed by atoms with Crippen molar-refractivity contribution in [2.24, 2.45) is 0 Å². The van der Waals surface area contributed by atoms with Crippen molar-refractivity contribution in [3.63, 3.8) is 0 Å². The topological polar surface area (TPSA) is 56.2 Å². The summed E-state index contributed by atoms with van der Waals surface area (Å²) in [4.78, 5) is 3.33. The summed E-state index contributed by atoms with van der Waals surface area (Å²) in [6.07, 6.45) is 10.4. The monoisotopic (exact) mass is 355 g/mol. The van der Waals surface area contributed by atoms with E-state index in [9.17, 15) is 10.2 Å². The number of nitrogens with one attached hydrogen (secondary N) is 1. The Morgan fingerprint density at radius 3 is 2.54 bits per heavy atom. The van der Waals surface area contributed by atoms with Crippen LogP contribution in [-0.2, 0) is 6.42 Å². The van der Waals surface area contributed by atoms with Crippen LogP contribution in [-0.4, -0.2) is 26.9 Å². The van der Waals surface area contributed by atoms with Crippen molar-refractivity contribution in [3.05, 3.63) is 59.3 Å². The summed E-state index contributed by atoms with van der Waals surface area (Å²) in [6.45, 7) is 7.59. The zero-order chi connectivity index (χ0) is 19.2. The highest BCUT2D eigenvalue weighted by atomic mass is 16.3. The van der Waals surface area contributed by atoms with Gasteiger partial charge in [0.15, 0.2) is 0 Å². The molecule has 0 aliphatic rings. The molecule has 2 aromatic rings. The van der Waals surface area contributed by atoms with Gasteiger partial charge >= 0.3 is 0 Å². The second-order valence-electron chi connectivity index (χ2n) is 7.91. The second kappa shape index (κ2) is 9.20. The van der Waals surface area contributed by atoms with Gasteiger partial charge in [-0.1, -0.05) is 41.5 Å². The van der Waals surface area contributed by atoms with Gasteiger partial charge in [-0.25, -0.2) is 0 Å². The SMILES string of the molecule is CC(=CCc1c[nH]c2ccccc12)CCC=C(C)CCC(O)C(C)(C)O. The molecule has 0 amide bonds. The van der Waals surface area contributed by atoms with Crippen LogP contribution in [0.2, 0.25) is 0 Å². The molecule has 0 spiro atoms. The number of hydrogen-bond acceptors (Lipinski definition) is 2. The Kier molecular flexibility index (Phi) is 7.24. The molecule has 1 unspecified atom stereocenters. The number of aromatic amines is 1. The van der Waals surface area contributed by atoms with Crippen LogP contribution in [0.1, 0.15) is 58.9 Å². The molecule has 0 radical (unpaired) electrons. The molecule has 1 aromatic heterocycles. The van der Waals surface area contributed by atoms with Gasteiger partial charge in [-0.2, -0.15) is 0 Å². The molecule has 3 N–H and O–H groups in total. The quantitative estimate of drug-likeness (QED) is 0.535. The summed E-state index contributed by atoms with van der Waals surface area (Å²) in [7, 11) is 0. The summed E-state index contributed by atoms with van der Waals surface area (Å²) in [5.41, 5.74) is 4.18. The lowest BCUT2D eigenvalue weighted by Crippen LogP contribution is -2.35. The van der Waals surface area contributed by atoms with Gasteiger partial charge in [0.05, 0.1) is 11.7 Å². The molecule has 0 fully saturated rings. The summed E-state index contributed by atoms with van der Waals surface area (Å²) >= 11 is 0. The average molecular weight is 356 g/mol. The summed E-state index contributed by atoms with van der Waals surface area (Å²) in [5.74, 6) is 0. The predicted octanol–water partition coefficient (Wildman–Crippen LogP) is 5.30. The highest BCUT2D eigenvalue weighted by Crippen LogP contribution is 2.20. The Balaban J connectivity index is 1.78. The first kappa shape index (κ1) is 20.5. The van der Waals surface area contributed by atoms with Crippen LogP contribution in [0.4, 0.5) is 0 Å². The number of benzene rings is 1. The summed E-state index contributed by atoms with van der Waals surface area (Å²) in [5, 5.41) is 21.0. The first-order chi connectivity index (χ1) is 12.3. The number of aliphatic hydroxyl groups excluding tert-OH is 1. The van der Waals surface area contributed by atoms with Crippen molar-refractivity contribution in [2.75, 3.05) is 0 Å². The number of hydrogen-bond donors (Lipinski definition) is 3. The van der Waals surface area contributed by atoms with E-state index in [0.717, 1.165) is 25.7 Å². The lowest BCUT2D eigenvalue weighted by atomic mass is 9.95. The molecular weight excluding hydrogens is 322 g/mol. The Morgan fingerprint density at radius 2 is 1.81 bits per heavy atom. The van der Waals surface area contributed by atoms with Crippen molar-refractivity contribution >= 4 is 10.9 Å². The molecule has 1 heterocycles. The van der Waals surface area contributed by atoms with E-state index in [1.165, 1.54) is 27.6 Å². The molecular formula is C23H33NO2. The van der Waals surface area contributed by atoms with E-state index < -0.39 is 11.7 Å². The normalized spacial score (nSPS) is 14.8. The Labute approximate surface area is 157 Å². The fourth-order valence-electron chi connectivity index (χ4n) is 3.05. The van der Waals surface area contributed by atoms with Gasteiger partial charge in [0.1, 0.15) is 0 Å². The molecule has 0 bridgehead atoms. The fraction of sp³-hybridized carbons (Fsp3) is 0.478. The van der Waals surface area contributed by atoms with Crippen LogP contribution < -0.4 is 0 Å². The van der Waals surface area contributed by atoms with Crippen molar-refractivity contribution < 1.29 is 10.2 Å². The largest absolute Gasteiger partial charge is 0.390 e. The van der Waals surface area contributed by atoms with Gasteiger partial charge in [-0.3, -0.25) is 0 Å². The van der Waals surface area contributed by atoms with Crippen LogP contribution >= 0.6 is 0 Å². The molecule has 0 aliphatic carbocycles. The van der Waals surface area contributed by atoms with E-state index in [-0.39, 0.29) is 0 Å². The second-order valence-corrected chi connectivity index (χ2v) is 7.91. The zero-order valence-corrected chi connectivity index (χ0v) is 16.5. The number of allylic oxidation sites excluding steroid dienone is 4. The van der Waals surface area contributed by atoms with Crippen molar-refractivity contribution in [3.8, 4) is 0 Å². The van der Waals surface area contributed by atoms with Gasteiger partial charge < -0.3 is 15.2 Å². The van der Waals surface area contributed by atoms with Crippen molar-refractivity contribution in [1.29, 1.82) is 0 Å². The Morgan fingerprint density at radius 1 is 1.12 bits per heavy atom. The number of aromatic nitrogens is 1. The molecule has 2 rings (SSSR count). The number of H-pyrrole nitrogens is 1. The van der Waals surface area contributed by atoms with Crippen LogP contribution in [0.25, 0.3) is 10.9 Å². The highest BCUT2D eigenvalue weighted by Gasteiger charge is 2.23. The van der Waals surface area contributed by atoms with Crippen LogP contribution in [0, 0.1) is 0 Å². The predicted molar refractivity (Wildman–Crippen MR) is 110 cm³/mol. The zero-order valence-electron chi connectivity index (χ0n) is 16.5. The molecule has 1 aromatic carbocycles. The maximum absolute atomic E-state index is 9.90. The van der Waals surface area contributed by atoms with Crippen LogP contribution in [0.15, 0.2) is 53.8 Å². The van der Waals surface area contributed by atoms with E-state index in [4.69, 9.17) is 0 Å². The third kappa shape index (κ3) is 6.15. The first-order valence-electron chi connectivity index (χ1n) is 9.54. The summed E-state index contributed by atoms with van der Waals surface area (Å²) in [6, 6.07) is 8.41. The fourth-order valence-corrected chi connectivity index (χ4v) is 3.05. The lowest BCUT2D eigenvalue weighted by Gasteiger charge is -2.24. The molecule has 3 nitrogen and oxygen atoms in total. The molecule has 1 atom stereocenters. The number of aliphatic hydroxyl groups is 2. The minimum atomic E-state index is -1.03. The van der Waals surface area contributed by atoms with E-state index in [0.29, 0.717) is 6.42 Å². The lowest BCUT2D eigenvalue weighted by molar-refractivity contribution is -0.0509. The van der Waals surface area contributed by atoms with E-state index >= 15 is 0 Å². The number of fused-ring (bicyclic) bond motifs is 1. The maximum Gasteiger partial charge on any atom is 0.0849 e. The van der Waals surface area contributed by atoms with E-state index in [1.807, 2.05) is 0 Å². The number of rotatable bonds is 9. The third-order valence-corrected chi connectivity index (χ3v) is 5.00. The van der Waals surface area contributed by atoms with E-state index in [1.54, 1.807) is 13.8 Å². The first-order valence-corrected chi connectivity index (χ1v) is 9.54. The average Bonchev–Trinajstić information content (AvgIpc) is 3.00. The van der Waals surface area contributed by atoms with E-state index in [2.05, 4.69) is 61.4 Å². The van der Waals surface area contributed by atoms with Gasteiger partial charge in [0.2, 0.25) is 0 Å². The Bertz CT molecular complexity index is 762. The molecule has 0 aliphatic heterocycles. The van der Waals surface area contributed by atoms with Crippen LogP contribution in [0.5, 0.6) is 0 Å².